The maximum absolute atomic E-state index is 11.4. The molecule has 0 aliphatic carbocycles. The normalized spacial score (nSPS) is 10.6. The topological polar surface area (TPSA) is 84.2 Å². The zero-order valence-electron chi connectivity index (χ0n) is 10.7. The van der Waals surface area contributed by atoms with Crippen LogP contribution in [0.25, 0.3) is 0 Å². The molecule has 1 amide bonds. The van der Waals surface area contributed by atoms with Gasteiger partial charge in [0.05, 0.1) is 25.0 Å². The lowest BCUT2D eigenvalue weighted by molar-refractivity contribution is -0.138. The summed E-state index contributed by atoms with van der Waals surface area (Å²) in [5.74, 6) is -0.717. The van der Waals surface area contributed by atoms with E-state index in [0.29, 0.717) is 12.5 Å². The van der Waals surface area contributed by atoms with Gasteiger partial charge in [-0.05, 0) is 5.92 Å². The fraction of sp³-hybridized carbons (Fsp3) is 0.583. The van der Waals surface area contributed by atoms with E-state index in [1.54, 1.807) is 12.5 Å². The van der Waals surface area contributed by atoms with Crippen molar-refractivity contribution in [3.63, 3.8) is 0 Å². The highest BCUT2D eigenvalue weighted by molar-refractivity contribution is 5.80. The molecule has 0 spiro atoms. The first-order valence-corrected chi connectivity index (χ1v) is 5.96. The molecule has 18 heavy (non-hydrogen) atoms. The largest absolute Gasteiger partial charge is 0.481 e. The molecule has 6 heteroatoms. The average molecular weight is 253 g/mol. The average Bonchev–Trinajstić information content (AvgIpc) is 2.70. The third-order valence-corrected chi connectivity index (χ3v) is 2.39. The van der Waals surface area contributed by atoms with Crippen molar-refractivity contribution in [2.75, 3.05) is 0 Å². The molecule has 0 radical (unpaired) electrons. The molecular weight excluding hydrogens is 234 g/mol. The van der Waals surface area contributed by atoms with E-state index in [1.807, 2.05) is 4.57 Å². The van der Waals surface area contributed by atoms with Gasteiger partial charge in [0.1, 0.15) is 0 Å². The number of carbonyl (C=O) groups is 2. The minimum absolute atomic E-state index is 0.00759. The quantitative estimate of drug-likeness (QED) is 0.759. The summed E-state index contributed by atoms with van der Waals surface area (Å²) in [7, 11) is 0. The number of nitrogens with zero attached hydrogens (tertiary/aromatic N) is 2. The van der Waals surface area contributed by atoms with E-state index < -0.39 is 5.97 Å². The summed E-state index contributed by atoms with van der Waals surface area (Å²) in [6.45, 7) is 5.44. The van der Waals surface area contributed by atoms with Gasteiger partial charge in [0, 0.05) is 19.2 Å². The monoisotopic (exact) mass is 253 g/mol. The molecule has 1 rings (SSSR count). The van der Waals surface area contributed by atoms with Gasteiger partial charge in [-0.15, -0.1) is 0 Å². The number of carboxylic acids is 1. The van der Waals surface area contributed by atoms with Crippen LogP contribution in [-0.2, 0) is 22.7 Å². The van der Waals surface area contributed by atoms with Crippen LogP contribution in [0.5, 0.6) is 0 Å². The van der Waals surface area contributed by atoms with Crippen LogP contribution in [0.1, 0.15) is 32.4 Å². The van der Waals surface area contributed by atoms with Crippen molar-refractivity contribution in [1.29, 1.82) is 0 Å². The van der Waals surface area contributed by atoms with Crippen molar-refractivity contribution < 1.29 is 14.7 Å². The molecule has 1 aromatic rings. The predicted octanol–water partition coefficient (Wildman–Crippen LogP) is 1.02. The molecular formula is C12H19N3O3. The molecule has 0 fully saturated rings. The Balaban J connectivity index is 2.41. The summed E-state index contributed by atoms with van der Waals surface area (Å²) in [5.41, 5.74) is 0.923. The van der Waals surface area contributed by atoms with Gasteiger partial charge in [-0.3, -0.25) is 9.59 Å². The lowest BCUT2D eigenvalue weighted by atomic mass is 10.2. The smallest absolute Gasteiger partial charge is 0.303 e. The predicted molar refractivity (Wildman–Crippen MR) is 65.8 cm³/mol. The molecule has 100 valence electrons. The van der Waals surface area contributed by atoms with Gasteiger partial charge in [0.2, 0.25) is 5.91 Å². The van der Waals surface area contributed by atoms with Crippen molar-refractivity contribution >= 4 is 11.9 Å². The fourth-order valence-electron chi connectivity index (χ4n) is 1.55. The second-order valence-electron chi connectivity index (χ2n) is 4.60. The molecule has 0 saturated carbocycles. The number of rotatable bonds is 7. The van der Waals surface area contributed by atoms with Gasteiger partial charge >= 0.3 is 5.97 Å². The number of carbonyl (C=O) groups excluding carboxylic acids is 1. The minimum Gasteiger partial charge on any atom is -0.481 e. The maximum Gasteiger partial charge on any atom is 0.303 e. The molecule has 0 saturated heterocycles. The van der Waals surface area contributed by atoms with E-state index in [2.05, 4.69) is 24.1 Å². The van der Waals surface area contributed by atoms with Crippen molar-refractivity contribution in [3.8, 4) is 0 Å². The van der Waals surface area contributed by atoms with E-state index in [1.165, 1.54) is 0 Å². The van der Waals surface area contributed by atoms with Crippen LogP contribution in [0.3, 0.4) is 0 Å². The number of hydrogen-bond donors (Lipinski definition) is 2. The number of amides is 1. The zero-order chi connectivity index (χ0) is 13.5. The van der Waals surface area contributed by atoms with Crippen LogP contribution in [0, 0.1) is 5.92 Å². The van der Waals surface area contributed by atoms with Crippen molar-refractivity contribution in [1.82, 2.24) is 14.9 Å². The van der Waals surface area contributed by atoms with Crippen LogP contribution < -0.4 is 5.32 Å². The number of nitrogens with one attached hydrogen (secondary N) is 1. The van der Waals surface area contributed by atoms with Gasteiger partial charge in [-0.2, -0.15) is 0 Å². The first kappa shape index (κ1) is 14.2. The van der Waals surface area contributed by atoms with E-state index in [-0.39, 0.29) is 18.7 Å². The van der Waals surface area contributed by atoms with Crippen molar-refractivity contribution in [2.45, 2.75) is 39.8 Å². The summed E-state index contributed by atoms with van der Waals surface area (Å²) in [6.07, 6.45) is 3.31. The third-order valence-electron chi connectivity index (χ3n) is 2.39. The fourth-order valence-corrected chi connectivity index (χ4v) is 1.55. The van der Waals surface area contributed by atoms with Crippen LogP contribution in [0.4, 0.5) is 0 Å². The SMILES string of the molecule is CC(C)Cn1cncc1CNC(=O)CCC(=O)O. The molecule has 1 heterocycles. The number of carboxylic acid groups (broad SMARTS) is 1. The molecule has 0 unspecified atom stereocenters. The first-order valence-electron chi connectivity index (χ1n) is 5.96. The molecule has 2 N–H and O–H groups in total. The minimum atomic E-state index is -0.963. The number of aromatic nitrogens is 2. The van der Waals surface area contributed by atoms with E-state index >= 15 is 0 Å². The Hall–Kier alpha value is -1.85. The Morgan fingerprint density at radius 3 is 2.78 bits per heavy atom. The lowest BCUT2D eigenvalue weighted by Gasteiger charge is -2.11. The Kier molecular flexibility index (Phi) is 5.35. The highest BCUT2D eigenvalue weighted by Crippen LogP contribution is 2.04. The van der Waals surface area contributed by atoms with Crippen LogP contribution >= 0.6 is 0 Å². The number of aliphatic carboxylic acids is 1. The molecule has 0 aromatic carbocycles. The van der Waals surface area contributed by atoms with Crippen LogP contribution in [0.2, 0.25) is 0 Å². The third kappa shape index (κ3) is 4.99. The summed E-state index contributed by atoms with van der Waals surface area (Å²) in [4.78, 5) is 25.7. The summed E-state index contributed by atoms with van der Waals surface area (Å²) in [5, 5.41) is 11.2. The molecule has 0 aliphatic heterocycles. The lowest BCUT2D eigenvalue weighted by Crippen LogP contribution is -2.24. The van der Waals surface area contributed by atoms with Crippen molar-refractivity contribution in [3.05, 3.63) is 18.2 Å². The molecule has 6 nitrogen and oxygen atoms in total. The molecule has 1 aromatic heterocycles. The van der Waals surface area contributed by atoms with Crippen molar-refractivity contribution in [2.24, 2.45) is 5.92 Å². The summed E-state index contributed by atoms with van der Waals surface area (Å²) in [6, 6.07) is 0. The number of hydrogen-bond acceptors (Lipinski definition) is 3. The number of imidazole rings is 1. The van der Waals surface area contributed by atoms with Gasteiger partial charge in [0.15, 0.2) is 0 Å². The van der Waals surface area contributed by atoms with E-state index in [4.69, 9.17) is 5.11 Å². The second kappa shape index (κ2) is 6.78. The van der Waals surface area contributed by atoms with E-state index in [0.717, 1.165) is 12.2 Å². The highest BCUT2D eigenvalue weighted by Gasteiger charge is 2.08. The van der Waals surface area contributed by atoms with Gasteiger partial charge in [0.25, 0.3) is 0 Å². The Bertz CT molecular complexity index is 412. The van der Waals surface area contributed by atoms with Crippen LogP contribution in [-0.4, -0.2) is 26.5 Å². The second-order valence-corrected chi connectivity index (χ2v) is 4.60. The van der Waals surface area contributed by atoms with Gasteiger partial charge in [-0.1, -0.05) is 13.8 Å². The Labute approximate surface area is 106 Å². The zero-order valence-corrected chi connectivity index (χ0v) is 10.7. The Morgan fingerprint density at radius 2 is 2.17 bits per heavy atom. The van der Waals surface area contributed by atoms with E-state index in [9.17, 15) is 9.59 Å². The molecule has 0 atom stereocenters. The highest BCUT2D eigenvalue weighted by atomic mass is 16.4. The molecule has 0 aliphatic rings. The summed E-state index contributed by atoms with van der Waals surface area (Å²) < 4.78 is 1.99. The first-order chi connectivity index (χ1) is 8.49. The standard InChI is InChI=1S/C12H19N3O3/c1-9(2)7-15-8-13-5-10(15)6-14-11(16)3-4-12(17)18/h5,8-9H,3-4,6-7H2,1-2H3,(H,14,16)(H,17,18). The van der Waals surface area contributed by atoms with Crippen LogP contribution in [0.15, 0.2) is 12.5 Å². The molecule has 0 bridgehead atoms. The Morgan fingerprint density at radius 1 is 1.44 bits per heavy atom. The van der Waals surface area contributed by atoms with Gasteiger partial charge < -0.3 is 15.0 Å². The maximum atomic E-state index is 11.4. The van der Waals surface area contributed by atoms with Gasteiger partial charge in [-0.25, -0.2) is 4.98 Å². The summed E-state index contributed by atoms with van der Waals surface area (Å²) >= 11 is 0.